The number of hydrogen-bond acceptors (Lipinski definition) is 3. The molecule has 0 spiro atoms. The van der Waals surface area contributed by atoms with Gasteiger partial charge in [0, 0.05) is 17.1 Å². The lowest BCUT2D eigenvalue weighted by atomic mass is 10.2. The van der Waals surface area contributed by atoms with Crippen LogP contribution in [-0.2, 0) is 4.79 Å². The molecule has 3 N–H and O–H groups in total. The number of halogens is 1. The minimum Gasteiger partial charge on any atom is -0.493 e. The molecule has 7 heteroatoms. The van der Waals surface area contributed by atoms with Crippen molar-refractivity contribution in [2.24, 2.45) is 0 Å². The third-order valence-electron chi connectivity index (χ3n) is 3.11. The van der Waals surface area contributed by atoms with E-state index in [9.17, 15) is 9.59 Å². The molecule has 0 saturated heterocycles. The van der Waals surface area contributed by atoms with E-state index >= 15 is 0 Å². The van der Waals surface area contributed by atoms with Gasteiger partial charge in [0.25, 0.3) is 5.91 Å². The summed E-state index contributed by atoms with van der Waals surface area (Å²) in [6.07, 6.45) is 2.46. The first-order valence-electron chi connectivity index (χ1n) is 7.18. The number of H-pyrrole nitrogens is 1. The number of ether oxygens (including phenoxy) is 1. The molecule has 0 bridgehead atoms. The number of hydrazine groups is 1. The van der Waals surface area contributed by atoms with Crippen molar-refractivity contribution in [2.45, 2.75) is 19.8 Å². The first-order chi connectivity index (χ1) is 11.1. The summed E-state index contributed by atoms with van der Waals surface area (Å²) in [5, 5.41) is 0. The third kappa shape index (κ3) is 5.45. The summed E-state index contributed by atoms with van der Waals surface area (Å²) >= 11 is 3.23. The van der Waals surface area contributed by atoms with E-state index in [-0.39, 0.29) is 12.3 Å². The number of rotatable bonds is 6. The van der Waals surface area contributed by atoms with Gasteiger partial charge in [-0.2, -0.15) is 0 Å². The maximum absolute atomic E-state index is 11.7. The number of benzene rings is 1. The Morgan fingerprint density at radius 1 is 1.26 bits per heavy atom. The zero-order chi connectivity index (χ0) is 16.7. The van der Waals surface area contributed by atoms with E-state index in [1.165, 1.54) is 0 Å². The third-order valence-corrected chi connectivity index (χ3v) is 3.57. The van der Waals surface area contributed by atoms with Gasteiger partial charge in [-0.25, -0.2) is 0 Å². The minimum atomic E-state index is -0.403. The van der Waals surface area contributed by atoms with Gasteiger partial charge < -0.3 is 9.72 Å². The normalized spacial score (nSPS) is 10.2. The number of aromatic nitrogens is 1. The van der Waals surface area contributed by atoms with E-state index in [0.717, 1.165) is 15.8 Å². The smallest absolute Gasteiger partial charge is 0.286 e. The lowest BCUT2D eigenvalue weighted by Crippen LogP contribution is -2.41. The molecule has 2 amide bonds. The fraction of sp³-hybridized carbons (Fsp3) is 0.250. The molecule has 23 heavy (non-hydrogen) atoms. The van der Waals surface area contributed by atoms with E-state index in [1.807, 2.05) is 31.2 Å². The van der Waals surface area contributed by atoms with Crippen LogP contribution < -0.4 is 15.6 Å². The van der Waals surface area contributed by atoms with Gasteiger partial charge in [0.1, 0.15) is 11.4 Å². The highest BCUT2D eigenvalue weighted by Crippen LogP contribution is 2.16. The average Bonchev–Trinajstić information content (AvgIpc) is 2.97. The van der Waals surface area contributed by atoms with Crippen LogP contribution in [0.4, 0.5) is 0 Å². The summed E-state index contributed by atoms with van der Waals surface area (Å²) in [6.45, 7) is 2.41. The summed E-state index contributed by atoms with van der Waals surface area (Å²) in [4.78, 5) is 26.1. The molecule has 1 aromatic carbocycles. The van der Waals surface area contributed by atoms with Gasteiger partial charge in [-0.3, -0.25) is 20.4 Å². The van der Waals surface area contributed by atoms with Crippen molar-refractivity contribution in [1.82, 2.24) is 15.8 Å². The van der Waals surface area contributed by atoms with Crippen molar-refractivity contribution in [1.29, 1.82) is 0 Å². The van der Waals surface area contributed by atoms with Crippen LogP contribution in [0, 0.1) is 6.92 Å². The molecule has 2 aromatic rings. The predicted octanol–water partition coefficient (Wildman–Crippen LogP) is 2.71. The summed E-state index contributed by atoms with van der Waals surface area (Å²) in [5.41, 5.74) is 6.14. The van der Waals surface area contributed by atoms with Crippen molar-refractivity contribution in [3.63, 3.8) is 0 Å². The highest BCUT2D eigenvalue weighted by atomic mass is 79.9. The summed E-state index contributed by atoms with van der Waals surface area (Å²) < 4.78 is 6.37. The Morgan fingerprint density at radius 2 is 2.04 bits per heavy atom. The number of para-hydroxylation sites is 1. The van der Waals surface area contributed by atoms with E-state index < -0.39 is 5.91 Å². The zero-order valence-electron chi connectivity index (χ0n) is 12.7. The van der Waals surface area contributed by atoms with Crippen molar-refractivity contribution < 1.29 is 14.3 Å². The molecule has 0 saturated carbocycles. The molecule has 1 aromatic heterocycles. The molecule has 1 heterocycles. The average molecular weight is 380 g/mol. The molecule has 0 aliphatic carbocycles. The number of hydrogen-bond donors (Lipinski definition) is 3. The molecule has 122 valence electrons. The maximum Gasteiger partial charge on any atom is 0.286 e. The monoisotopic (exact) mass is 379 g/mol. The predicted molar refractivity (Wildman–Crippen MR) is 90.0 cm³/mol. The van der Waals surface area contributed by atoms with Crippen molar-refractivity contribution in [2.75, 3.05) is 6.61 Å². The molecule has 0 radical (unpaired) electrons. The van der Waals surface area contributed by atoms with Gasteiger partial charge in [-0.1, -0.05) is 18.2 Å². The fourth-order valence-corrected chi connectivity index (χ4v) is 2.23. The second-order valence-electron chi connectivity index (χ2n) is 4.95. The van der Waals surface area contributed by atoms with Crippen LogP contribution in [0.3, 0.4) is 0 Å². The maximum atomic E-state index is 11.7. The van der Waals surface area contributed by atoms with E-state index in [4.69, 9.17) is 4.74 Å². The van der Waals surface area contributed by atoms with Gasteiger partial charge in [0.2, 0.25) is 5.91 Å². The Morgan fingerprint density at radius 3 is 2.74 bits per heavy atom. The summed E-state index contributed by atoms with van der Waals surface area (Å²) in [7, 11) is 0. The highest BCUT2D eigenvalue weighted by Gasteiger charge is 2.09. The Kier molecular flexibility index (Phi) is 6.22. The largest absolute Gasteiger partial charge is 0.493 e. The number of carbonyl (C=O) groups excluding carboxylic acids is 2. The van der Waals surface area contributed by atoms with Crippen LogP contribution in [-0.4, -0.2) is 23.4 Å². The Labute approximate surface area is 142 Å². The molecule has 0 aliphatic rings. The van der Waals surface area contributed by atoms with Crippen LogP contribution in [0.5, 0.6) is 5.75 Å². The molecule has 0 unspecified atom stereocenters. The molecule has 6 nitrogen and oxygen atoms in total. The zero-order valence-corrected chi connectivity index (χ0v) is 14.3. The number of nitrogens with one attached hydrogen (secondary N) is 3. The van der Waals surface area contributed by atoms with Crippen LogP contribution in [0.15, 0.2) is 41.0 Å². The summed E-state index contributed by atoms with van der Waals surface area (Å²) in [5.74, 6) is 0.149. The standard InChI is InChI=1S/C16H18BrN3O3/c1-11-5-2-3-6-14(11)23-8-4-7-15(21)19-20-16(22)13-9-12(17)10-18-13/h2-3,5-6,9-10,18H,4,7-8H2,1H3,(H,19,21)(H,20,22). The second kappa shape index (κ2) is 8.38. The van der Waals surface area contributed by atoms with Crippen LogP contribution in [0.1, 0.15) is 28.9 Å². The lowest BCUT2D eigenvalue weighted by molar-refractivity contribution is -0.122. The minimum absolute atomic E-state index is 0.264. The topological polar surface area (TPSA) is 83.2 Å². The van der Waals surface area contributed by atoms with Gasteiger partial charge in [0.05, 0.1) is 6.61 Å². The van der Waals surface area contributed by atoms with Crippen molar-refractivity contribution in [3.05, 3.63) is 52.3 Å². The Balaban J connectivity index is 1.64. The molecular formula is C16H18BrN3O3. The number of amides is 2. The fourth-order valence-electron chi connectivity index (χ4n) is 1.89. The SMILES string of the molecule is Cc1ccccc1OCCCC(=O)NNC(=O)c1cc(Br)c[nH]1. The van der Waals surface area contributed by atoms with Gasteiger partial charge >= 0.3 is 0 Å². The van der Waals surface area contributed by atoms with E-state index in [1.54, 1.807) is 12.3 Å². The second-order valence-corrected chi connectivity index (χ2v) is 5.87. The molecular weight excluding hydrogens is 362 g/mol. The first kappa shape index (κ1) is 17.1. The van der Waals surface area contributed by atoms with Crippen LogP contribution in [0.25, 0.3) is 0 Å². The molecule has 0 atom stereocenters. The highest BCUT2D eigenvalue weighted by molar-refractivity contribution is 9.10. The quantitative estimate of drug-likeness (QED) is 0.532. The van der Waals surface area contributed by atoms with E-state index in [0.29, 0.717) is 18.7 Å². The van der Waals surface area contributed by atoms with E-state index in [2.05, 4.69) is 31.8 Å². The van der Waals surface area contributed by atoms with Crippen molar-refractivity contribution in [3.8, 4) is 5.75 Å². The number of aromatic amines is 1. The van der Waals surface area contributed by atoms with Gasteiger partial charge in [-0.05, 0) is 47.0 Å². The summed E-state index contributed by atoms with van der Waals surface area (Å²) in [6, 6.07) is 9.34. The lowest BCUT2D eigenvalue weighted by Gasteiger charge is -2.09. The molecule has 0 fully saturated rings. The van der Waals surface area contributed by atoms with Gasteiger partial charge in [-0.15, -0.1) is 0 Å². The first-order valence-corrected chi connectivity index (χ1v) is 7.97. The van der Waals surface area contributed by atoms with Gasteiger partial charge in [0.15, 0.2) is 0 Å². The number of carbonyl (C=O) groups is 2. The number of aryl methyl sites for hydroxylation is 1. The van der Waals surface area contributed by atoms with Crippen LogP contribution >= 0.6 is 15.9 Å². The Bertz CT molecular complexity index is 685. The molecule has 2 rings (SSSR count). The van der Waals surface area contributed by atoms with Crippen LogP contribution in [0.2, 0.25) is 0 Å². The molecule has 0 aliphatic heterocycles. The van der Waals surface area contributed by atoms with Crippen molar-refractivity contribution >= 4 is 27.7 Å². The Hall–Kier alpha value is -2.28.